The number of likely N-dealkylation sites (tertiary alicyclic amines) is 1. The average molecular weight is 476 g/mol. The summed E-state index contributed by atoms with van der Waals surface area (Å²) in [4.78, 5) is 24.8. The van der Waals surface area contributed by atoms with Crippen molar-refractivity contribution in [3.05, 3.63) is 52.7 Å². The van der Waals surface area contributed by atoms with Crippen molar-refractivity contribution in [3.63, 3.8) is 0 Å². The smallest absolute Gasteiger partial charge is 0.366 e. The van der Waals surface area contributed by atoms with Crippen LogP contribution in [0, 0.1) is 5.41 Å². The van der Waals surface area contributed by atoms with Crippen molar-refractivity contribution in [1.82, 2.24) is 14.9 Å². The second-order valence-corrected chi connectivity index (χ2v) is 10.2. The van der Waals surface area contributed by atoms with Gasteiger partial charge in [0.1, 0.15) is 12.1 Å². The summed E-state index contributed by atoms with van der Waals surface area (Å²) in [6.07, 6.45) is -1.63. The Morgan fingerprint density at radius 1 is 1.12 bits per heavy atom. The fourth-order valence-corrected chi connectivity index (χ4v) is 6.20. The van der Waals surface area contributed by atoms with Crippen LogP contribution < -0.4 is 10.6 Å². The SMILES string of the molecule is NC(=O)c1ccc(CN2CCC3(CCN(c4ncnc5cc(CC(F)(F)F)sc45)C3)C2)cc1. The van der Waals surface area contributed by atoms with E-state index in [1.54, 1.807) is 12.1 Å². The van der Waals surface area contributed by atoms with E-state index >= 15 is 0 Å². The summed E-state index contributed by atoms with van der Waals surface area (Å²) in [5.41, 5.74) is 7.69. The van der Waals surface area contributed by atoms with Crippen LogP contribution in [0.25, 0.3) is 10.2 Å². The van der Waals surface area contributed by atoms with E-state index in [-0.39, 0.29) is 10.3 Å². The fourth-order valence-electron chi connectivity index (χ4n) is 5.05. The highest BCUT2D eigenvalue weighted by Crippen LogP contribution is 2.43. The average Bonchev–Trinajstić information content (AvgIpc) is 3.45. The first-order valence-electron chi connectivity index (χ1n) is 10.9. The zero-order valence-electron chi connectivity index (χ0n) is 17.9. The van der Waals surface area contributed by atoms with Gasteiger partial charge in [0, 0.05) is 42.0 Å². The number of hydrogen-bond acceptors (Lipinski definition) is 6. The molecule has 33 heavy (non-hydrogen) atoms. The van der Waals surface area contributed by atoms with Crippen LogP contribution in [0.5, 0.6) is 0 Å². The number of carbonyl (C=O) groups excluding carboxylic acids is 1. The molecule has 1 aromatic carbocycles. The molecule has 2 N–H and O–H groups in total. The molecule has 5 rings (SSSR count). The number of anilines is 1. The standard InChI is InChI=1S/C23H24F3N5OS/c24-23(25,26)10-17-9-18-19(33-17)21(29-14-28-18)31-8-6-22(13-31)5-7-30(12-22)11-15-1-3-16(4-2-15)20(27)32/h1-4,9,14H,5-8,10-13H2,(H2,27,32). The molecule has 2 aliphatic rings. The normalized spacial score (nSPS) is 21.5. The summed E-state index contributed by atoms with van der Waals surface area (Å²) in [6, 6.07) is 8.94. The summed E-state index contributed by atoms with van der Waals surface area (Å²) in [6.45, 7) is 4.42. The Hall–Kier alpha value is -2.72. The van der Waals surface area contributed by atoms with Gasteiger partial charge in [0.05, 0.1) is 16.6 Å². The molecule has 1 amide bonds. The number of alkyl halides is 3. The lowest BCUT2D eigenvalue weighted by atomic mass is 9.86. The summed E-state index contributed by atoms with van der Waals surface area (Å²) in [5, 5.41) is 0. The first kappa shape index (κ1) is 22.1. The molecule has 1 spiro atoms. The van der Waals surface area contributed by atoms with Gasteiger partial charge in [-0.25, -0.2) is 9.97 Å². The molecular weight excluding hydrogens is 451 g/mol. The van der Waals surface area contributed by atoms with E-state index in [0.717, 1.165) is 73.0 Å². The Bertz CT molecular complexity index is 1180. The number of carbonyl (C=O) groups is 1. The highest BCUT2D eigenvalue weighted by Gasteiger charge is 2.44. The third kappa shape index (κ3) is 4.67. The predicted molar refractivity (Wildman–Crippen MR) is 121 cm³/mol. The van der Waals surface area contributed by atoms with Crippen molar-refractivity contribution in [2.24, 2.45) is 11.1 Å². The van der Waals surface area contributed by atoms with Gasteiger partial charge in [0.25, 0.3) is 0 Å². The Kier molecular flexibility index (Phi) is 5.52. The van der Waals surface area contributed by atoms with E-state index in [1.807, 2.05) is 12.1 Å². The van der Waals surface area contributed by atoms with Gasteiger partial charge in [-0.3, -0.25) is 9.69 Å². The predicted octanol–water partition coefficient (Wildman–Crippen LogP) is 4.00. The largest absolute Gasteiger partial charge is 0.393 e. The quantitative estimate of drug-likeness (QED) is 0.604. The Balaban J connectivity index is 1.28. The number of halogens is 3. The van der Waals surface area contributed by atoms with Crippen LogP contribution in [0.3, 0.4) is 0 Å². The first-order chi connectivity index (χ1) is 15.7. The molecule has 0 saturated carbocycles. The third-order valence-corrected chi connectivity index (χ3v) is 7.74. The van der Waals surface area contributed by atoms with Gasteiger partial charge in [0.15, 0.2) is 0 Å². The first-order valence-corrected chi connectivity index (χ1v) is 11.7. The molecule has 0 bridgehead atoms. The molecule has 2 aromatic heterocycles. The van der Waals surface area contributed by atoms with Crippen LogP contribution in [0.1, 0.15) is 33.6 Å². The van der Waals surface area contributed by atoms with Crippen molar-refractivity contribution in [2.75, 3.05) is 31.1 Å². The number of rotatable bonds is 5. The van der Waals surface area contributed by atoms with Gasteiger partial charge in [0.2, 0.25) is 5.91 Å². The summed E-state index contributed by atoms with van der Waals surface area (Å²) < 4.78 is 39.3. The van der Waals surface area contributed by atoms with E-state index in [1.165, 1.54) is 12.4 Å². The van der Waals surface area contributed by atoms with Crippen molar-refractivity contribution >= 4 is 33.3 Å². The maximum absolute atomic E-state index is 12.9. The Morgan fingerprint density at radius 3 is 2.61 bits per heavy atom. The van der Waals surface area contributed by atoms with Crippen LogP contribution in [0.4, 0.5) is 19.0 Å². The molecule has 174 valence electrons. The van der Waals surface area contributed by atoms with Crippen molar-refractivity contribution in [1.29, 1.82) is 0 Å². The highest BCUT2D eigenvalue weighted by atomic mass is 32.1. The summed E-state index contributed by atoms with van der Waals surface area (Å²) in [5.74, 6) is 0.318. The van der Waals surface area contributed by atoms with Gasteiger partial charge in [-0.1, -0.05) is 12.1 Å². The van der Waals surface area contributed by atoms with Crippen LogP contribution in [0.2, 0.25) is 0 Å². The van der Waals surface area contributed by atoms with Gasteiger partial charge in [-0.05, 0) is 43.1 Å². The maximum atomic E-state index is 12.9. The van der Waals surface area contributed by atoms with E-state index < -0.39 is 18.5 Å². The van der Waals surface area contributed by atoms with Crippen LogP contribution in [0.15, 0.2) is 36.7 Å². The van der Waals surface area contributed by atoms with Crippen molar-refractivity contribution in [3.8, 4) is 0 Å². The lowest BCUT2D eigenvalue weighted by Gasteiger charge is -2.25. The van der Waals surface area contributed by atoms with Crippen LogP contribution >= 0.6 is 11.3 Å². The number of benzene rings is 1. The molecule has 2 aliphatic heterocycles. The van der Waals surface area contributed by atoms with Gasteiger partial charge >= 0.3 is 6.18 Å². The molecule has 0 radical (unpaired) electrons. The van der Waals surface area contributed by atoms with Crippen LogP contribution in [-0.4, -0.2) is 53.1 Å². The van der Waals surface area contributed by atoms with Gasteiger partial charge in [-0.2, -0.15) is 13.2 Å². The van der Waals surface area contributed by atoms with E-state index in [2.05, 4.69) is 19.8 Å². The van der Waals surface area contributed by atoms with Crippen LogP contribution in [-0.2, 0) is 13.0 Å². The summed E-state index contributed by atoms with van der Waals surface area (Å²) >= 11 is 1.14. The second-order valence-electron chi connectivity index (χ2n) is 9.11. The molecule has 4 heterocycles. The van der Waals surface area contributed by atoms with Gasteiger partial charge < -0.3 is 10.6 Å². The van der Waals surface area contributed by atoms with Gasteiger partial charge in [-0.15, -0.1) is 11.3 Å². The maximum Gasteiger partial charge on any atom is 0.393 e. The lowest BCUT2D eigenvalue weighted by molar-refractivity contribution is -0.126. The number of primary amides is 1. The fraction of sp³-hybridized carbons (Fsp3) is 0.435. The van der Waals surface area contributed by atoms with E-state index in [0.29, 0.717) is 11.1 Å². The third-order valence-electron chi connectivity index (χ3n) is 6.62. The lowest BCUT2D eigenvalue weighted by Crippen LogP contribution is -2.31. The molecular formula is C23H24F3N5OS. The molecule has 1 atom stereocenters. The Labute approximate surface area is 193 Å². The zero-order chi connectivity index (χ0) is 23.2. The number of aromatic nitrogens is 2. The van der Waals surface area contributed by atoms with E-state index in [9.17, 15) is 18.0 Å². The minimum atomic E-state index is -4.24. The highest BCUT2D eigenvalue weighted by molar-refractivity contribution is 7.19. The van der Waals surface area contributed by atoms with Crippen molar-refractivity contribution < 1.29 is 18.0 Å². The minimum absolute atomic E-state index is 0.149. The summed E-state index contributed by atoms with van der Waals surface area (Å²) in [7, 11) is 0. The molecule has 0 aliphatic carbocycles. The number of fused-ring (bicyclic) bond motifs is 1. The molecule has 2 saturated heterocycles. The monoisotopic (exact) mass is 475 g/mol. The molecule has 3 aromatic rings. The number of nitrogens with zero attached hydrogens (tertiary/aromatic N) is 4. The number of amides is 1. The number of hydrogen-bond donors (Lipinski definition) is 1. The van der Waals surface area contributed by atoms with E-state index in [4.69, 9.17) is 5.73 Å². The topological polar surface area (TPSA) is 75.4 Å². The number of nitrogens with two attached hydrogens (primary N) is 1. The van der Waals surface area contributed by atoms with Crippen molar-refractivity contribution in [2.45, 2.75) is 32.0 Å². The number of thiophene rings is 1. The zero-order valence-corrected chi connectivity index (χ0v) is 18.8. The molecule has 10 heteroatoms. The minimum Gasteiger partial charge on any atom is -0.366 e. The second kappa shape index (κ2) is 8.25. The molecule has 2 fully saturated rings. The molecule has 1 unspecified atom stereocenters. The molecule has 6 nitrogen and oxygen atoms in total. The Morgan fingerprint density at radius 2 is 1.88 bits per heavy atom.